The van der Waals surface area contributed by atoms with Crippen molar-refractivity contribution in [1.82, 2.24) is 5.32 Å². The van der Waals surface area contributed by atoms with Crippen LogP contribution in [0.2, 0.25) is 0 Å². The molecule has 1 amide bonds. The predicted octanol–water partition coefficient (Wildman–Crippen LogP) is 2.14. The summed E-state index contributed by atoms with van der Waals surface area (Å²) in [5, 5.41) is 3.00. The lowest BCUT2D eigenvalue weighted by molar-refractivity contribution is -0.133. The van der Waals surface area contributed by atoms with Gasteiger partial charge in [0.15, 0.2) is 0 Å². The molecule has 1 heterocycles. The van der Waals surface area contributed by atoms with Crippen LogP contribution in [0.15, 0.2) is 24.3 Å². The normalized spacial score (nSPS) is 21.4. The van der Waals surface area contributed by atoms with Gasteiger partial charge in [-0.25, -0.2) is 0 Å². The van der Waals surface area contributed by atoms with Gasteiger partial charge >= 0.3 is 0 Å². The van der Waals surface area contributed by atoms with Crippen LogP contribution in [0.25, 0.3) is 0 Å². The summed E-state index contributed by atoms with van der Waals surface area (Å²) in [6.07, 6.45) is 1.82. The van der Waals surface area contributed by atoms with Gasteiger partial charge in [0.05, 0.1) is 18.6 Å². The van der Waals surface area contributed by atoms with Gasteiger partial charge < -0.3 is 19.5 Å². The van der Waals surface area contributed by atoms with Crippen molar-refractivity contribution in [2.75, 3.05) is 26.9 Å². The van der Waals surface area contributed by atoms with E-state index >= 15 is 0 Å². The van der Waals surface area contributed by atoms with Gasteiger partial charge in [0.1, 0.15) is 12.4 Å². The van der Waals surface area contributed by atoms with E-state index < -0.39 is 0 Å². The minimum atomic E-state index is -0.0599. The molecule has 1 aliphatic heterocycles. The zero-order valence-corrected chi connectivity index (χ0v) is 13.3. The molecule has 122 valence electrons. The summed E-state index contributed by atoms with van der Waals surface area (Å²) in [7, 11) is 1.64. The summed E-state index contributed by atoms with van der Waals surface area (Å²) < 4.78 is 16.2. The van der Waals surface area contributed by atoms with E-state index in [1.807, 2.05) is 31.2 Å². The van der Waals surface area contributed by atoms with Crippen molar-refractivity contribution >= 4 is 5.91 Å². The molecule has 22 heavy (non-hydrogen) atoms. The van der Waals surface area contributed by atoms with Crippen LogP contribution in [0.5, 0.6) is 5.75 Å². The summed E-state index contributed by atoms with van der Waals surface area (Å²) in [5.41, 5.74) is 0.969. The lowest BCUT2D eigenvalue weighted by Gasteiger charge is -2.28. The zero-order chi connectivity index (χ0) is 15.8. The average Bonchev–Trinajstić information content (AvgIpc) is 2.54. The van der Waals surface area contributed by atoms with Gasteiger partial charge in [0.25, 0.3) is 0 Å². The summed E-state index contributed by atoms with van der Waals surface area (Å²) in [6, 6.07) is 7.73. The van der Waals surface area contributed by atoms with E-state index in [4.69, 9.17) is 14.2 Å². The number of methoxy groups -OCH3 is 1. The van der Waals surface area contributed by atoms with Gasteiger partial charge in [-0.1, -0.05) is 18.2 Å². The molecule has 0 aliphatic carbocycles. The summed E-state index contributed by atoms with van der Waals surface area (Å²) in [6.45, 7) is 4.21. The van der Waals surface area contributed by atoms with Crippen molar-refractivity contribution in [2.45, 2.75) is 32.4 Å². The first kappa shape index (κ1) is 16.8. The van der Waals surface area contributed by atoms with E-state index in [9.17, 15) is 4.79 Å². The Bertz CT molecular complexity index is 477. The van der Waals surface area contributed by atoms with Crippen molar-refractivity contribution in [3.63, 3.8) is 0 Å². The van der Waals surface area contributed by atoms with Gasteiger partial charge in [0, 0.05) is 25.8 Å². The van der Waals surface area contributed by atoms with Crippen molar-refractivity contribution < 1.29 is 19.0 Å². The van der Waals surface area contributed by atoms with Gasteiger partial charge in [-0.2, -0.15) is 0 Å². The largest absolute Gasteiger partial charge is 0.491 e. The van der Waals surface area contributed by atoms with Crippen molar-refractivity contribution in [3.05, 3.63) is 29.8 Å². The first-order valence-corrected chi connectivity index (χ1v) is 7.81. The highest BCUT2D eigenvalue weighted by Crippen LogP contribution is 2.22. The highest BCUT2D eigenvalue weighted by Gasteiger charge is 2.28. The molecule has 0 saturated carbocycles. The Morgan fingerprint density at radius 1 is 1.36 bits per heavy atom. The molecule has 1 aromatic rings. The maximum absolute atomic E-state index is 12.3. The second-order valence-electron chi connectivity index (χ2n) is 5.49. The fourth-order valence-electron chi connectivity index (χ4n) is 2.61. The van der Waals surface area contributed by atoms with Crippen molar-refractivity contribution in [3.8, 4) is 5.75 Å². The molecule has 0 unspecified atom stereocenters. The molecular formula is C17H25NO4. The standard InChI is InChI=1S/C17H25NO4/c1-13-15(7-5-9-21-13)17(19)18-12-14-6-3-4-8-16(14)22-11-10-20-2/h3-4,6,8,13,15H,5,7,9-12H2,1-2H3,(H,18,19)/t13-,15+/m0/s1. The number of carbonyl (C=O) groups excluding carboxylic acids is 1. The number of amides is 1. The lowest BCUT2D eigenvalue weighted by atomic mass is 9.94. The first-order chi connectivity index (χ1) is 10.7. The van der Waals surface area contributed by atoms with Crippen LogP contribution in [-0.2, 0) is 20.8 Å². The lowest BCUT2D eigenvalue weighted by Crippen LogP contribution is -2.39. The molecule has 5 heteroatoms. The highest BCUT2D eigenvalue weighted by atomic mass is 16.5. The number of ether oxygens (including phenoxy) is 3. The zero-order valence-electron chi connectivity index (χ0n) is 13.3. The van der Waals surface area contributed by atoms with Gasteiger partial charge in [-0.15, -0.1) is 0 Å². The Kier molecular flexibility index (Phi) is 6.68. The number of rotatable bonds is 7. The van der Waals surface area contributed by atoms with Crippen LogP contribution in [-0.4, -0.2) is 38.9 Å². The second-order valence-corrected chi connectivity index (χ2v) is 5.49. The van der Waals surface area contributed by atoms with Crippen molar-refractivity contribution in [2.24, 2.45) is 5.92 Å². The molecule has 1 aliphatic rings. The van der Waals surface area contributed by atoms with Gasteiger partial charge in [-0.3, -0.25) is 4.79 Å². The van der Waals surface area contributed by atoms with Crippen LogP contribution < -0.4 is 10.1 Å². The molecule has 2 rings (SSSR count). The number of hydrogen-bond acceptors (Lipinski definition) is 4. The third-order valence-corrected chi connectivity index (χ3v) is 3.91. The molecule has 0 radical (unpaired) electrons. The Morgan fingerprint density at radius 3 is 2.95 bits per heavy atom. The second kappa shape index (κ2) is 8.76. The van der Waals surface area contributed by atoms with E-state index in [-0.39, 0.29) is 17.9 Å². The SMILES string of the molecule is COCCOc1ccccc1CNC(=O)[C@@H]1CCCO[C@H]1C. The highest BCUT2D eigenvalue weighted by molar-refractivity contribution is 5.79. The number of para-hydroxylation sites is 1. The van der Waals surface area contributed by atoms with Crippen molar-refractivity contribution in [1.29, 1.82) is 0 Å². The minimum Gasteiger partial charge on any atom is -0.491 e. The molecular weight excluding hydrogens is 282 g/mol. The number of nitrogens with one attached hydrogen (secondary N) is 1. The summed E-state index contributed by atoms with van der Waals surface area (Å²) in [5.74, 6) is 0.780. The Hall–Kier alpha value is -1.59. The molecule has 0 aromatic heterocycles. The number of hydrogen-bond donors (Lipinski definition) is 1. The van der Waals surface area contributed by atoms with Crippen LogP contribution in [0.1, 0.15) is 25.3 Å². The number of benzene rings is 1. The molecule has 1 fully saturated rings. The molecule has 1 N–H and O–H groups in total. The molecule has 0 bridgehead atoms. The Labute approximate surface area is 131 Å². The summed E-state index contributed by atoms with van der Waals surface area (Å²) >= 11 is 0. The minimum absolute atomic E-state index is 0.0121. The Morgan fingerprint density at radius 2 is 2.18 bits per heavy atom. The smallest absolute Gasteiger partial charge is 0.225 e. The van der Waals surface area contributed by atoms with E-state index in [1.54, 1.807) is 7.11 Å². The van der Waals surface area contributed by atoms with Gasteiger partial charge in [-0.05, 0) is 25.8 Å². The Balaban J connectivity index is 1.89. The first-order valence-electron chi connectivity index (χ1n) is 7.81. The predicted molar refractivity (Wildman–Crippen MR) is 83.8 cm³/mol. The molecule has 2 atom stereocenters. The molecule has 1 saturated heterocycles. The van der Waals surface area contributed by atoms with Crippen LogP contribution in [0.4, 0.5) is 0 Å². The van der Waals surface area contributed by atoms with E-state index in [0.717, 1.165) is 30.8 Å². The summed E-state index contributed by atoms with van der Waals surface area (Å²) in [4.78, 5) is 12.3. The number of carbonyl (C=O) groups is 1. The molecule has 0 spiro atoms. The monoisotopic (exact) mass is 307 g/mol. The fraction of sp³-hybridized carbons (Fsp3) is 0.588. The maximum Gasteiger partial charge on any atom is 0.225 e. The molecule has 5 nitrogen and oxygen atoms in total. The third-order valence-electron chi connectivity index (χ3n) is 3.91. The van der Waals surface area contributed by atoms with Crippen LogP contribution in [0, 0.1) is 5.92 Å². The average molecular weight is 307 g/mol. The van der Waals surface area contributed by atoms with E-state index in [0.29, 0.717) is 19.8 Å². The quantitative estimate of drug-likeness (QED) is 0.784. The third kappa shape index (κ3) is 4.71. The maximum atomic E-state index is 12.3. The van der Waals surface area contributed by atoms with Crippen LogP contribution in [0.3, 0.4) is 0 Å². The van der Waals surface area contributed by atoms with Crippen LogP contribution >= 0.6 is 0 Å². The fourth-order valence-corrected chi connectivity index (χ4v) is 2.61. The van der Waals surface area contributed by atoms with Gasteiger partial charge in [0.2, 0.25) is 5.91 Å². The van der Waals surface area contributed by atoms with E-state index in [1.165, 1.54) is 0 Å². The topological polar surface area (TPSA) is 56.8 Å². The molecule has 1 aromatic carbocycles. The van der Waals surface area contributed by atoms with E-state index in [2.05, 4.69) is 5.32 Å².